The SMILES string of the molecule is CN(C)C(=O)N[C@H]1CCCCC/C=C\[C@@H]2C[C@@]2(C(=O)N[S+]([O-])C2CC2)NC(=O)[C@@H]2CCCN2C1=O. The number of amides is 5. The van der Waals surface area contributed by atoms with Crippen LogP contribution in [-0.2, 0) is 25.7 Å². The van der Waals surface area contributed by atoms with Crippen LogP contribution in [0.1, 0.15) is 64.2 Å². The average molecular weight is 508 g/mol. The second-order valence-electron chi connectivity index (χ2n) is 10.4. The highest BCUT2D eigenvalue weighted by molar-refractivity contribution is 7.90. The van der Waals surface area contributed by atoms with Gasteiger partial charge in [-0.05, 0) is 38.5 Å². The molecule has 0 aromatic heterocycles. The maximum atomic E-state index is 13.5. The molecular formula is C24H37N5O5S. The highest BCUT2D eigenvalue weighted by Gasteiger charge is 2.62. The van der Waals surface area contributed by atoms with Crippen LogP contribution in [0.5, 0.6) is 0 Å². The molecule has 0 bridgehead atoms. The first-order valence-corrected chi connectivity index (χ1v) is 13.9. The van der Waals surface area contributed by atoms with Crippen LogP contribution >= 0.6 is 0 Å². The van der Waals surface area contributed by atoms with Crippen molar-refractivity contribution in [3.8, 4) is 0 Å². The molecule has 2 heterocycles. The molecule has 10 nitrogen and oxygen atoms in total. The molecule has 0 aromatic rings. The van der Waals surface area contributed by atoms with E-state index in [4.69, 9.17) is 0 Å². The summed E-state index contributed by atoms with van der Waals surface area (Å²) in [6, 6.07) is -1.74. The topological polar surface area (TPSA) is 134 Å². The lowest BCUT2D eigenvalue weighted by molar-refractivity contribution is -0.141. The molecule has 3 fully saturated rings. The fourth-order valence-corrected chi connectivity index (χ4v) is 6.02. The summed E-state index contributed by atoms with van der Waals surface area (Å²) >= 11 is -1.44. The van der Waals surface area contributed by atoms with Gasteiger partial charge in [-0.2, -0.15) is 4.72 Å². The van der Waals surface area contributed by atoms with E-state index >= 15 is 0 Å². The maximum absolute atomic E-state index is 13.5. The van der Waals surface area contributed by atoms with Crippen LogP contribution in [0.4, 0.5) is 4.79 Å². The average Bonchev–Trinajstić information content (AvgIpc) is 3.73. The largest absolute Gasteiger partial charge is 0.593 e. The number of carbonyl (C=O) groups is 4. The minimum absolute atomic E-state index is 0.00157. The number of allylic oxidation sites excluding steroid dienone is 1. The Hall–Kier alpha value is -2.27. The summed E-state index contributed by atoms with van der Waals surface area (Å²) in [5, 5.41) is 5.76. The number of hydrogen-bond acceptors (Lipinski definition) is 5. The lowest BCUT2D eigenvalue weighted by Crippen LogP contribution is -2.58. The van der Waals surface area contributed by atoms with Gasteiger partial charge in [0.2, 0.25) is 11.8 Å². The van der Waals surface area contributed by atoms with E-state index in [0.717, 1.165) is 38.5 Å². The van der Waals surface area contributed by atoms with Gasteiger partial charge in [0.05, 0.1) is 11.4 Å². The van der Waals surface area contributed by atoms with Gasteiger partial charge in [0.25, 0.3) is 5.91 Å². The van der Waals surface area contributed by atoms with Crippen LogP contribution < -0.4 is 15.4 Å². The number of hydrogen-bond donors (Lipinski definition) is 3. The Bertz CT molecular complexity index is 878. The summed E-state index contributed by atoms with van der Waals surface area (Å²) in [5.41, 5.74) is -1.13. The van der Waals surface area contributed by atoms with Crippen LogP contribution in [0.2, 0.25) is 0 Å². The highest BCUT2D eigenvalue weighted by atomic mass is 32.2. The van der Waals surface area contributed by atoms with E-state index in [1.165, 1.54) is 4.90 Å². The van der Waals surface area contributed by atoms with Gasteiger partial charge in [-0.15, -0.1) is 0 Å². The number of fused-ring (bicyclic) bond motifs is 2. The lowest BCUT2D eigenvalue weighted by atomic mass is 10.0. The van der Waals surface area contributed by atoms with E-state index in [1.54, 1.807) is 19.0 Å². The fourth-order valence-electron chi connectivity index (χ4n) is 4.92. The first-order valence-electron chi connectivity index (χ1n) is 12.7. The third-order valence-electron chi connectivity index (χ3n) is 7.36. The zero-order valence-electron chi connectivity index (χ0n) is 20.6. The van der Waals surface area contributed by atoms with Gasteiger partial charge in [0.1, 0.15) is 22.9 Å². The Kier molecular flexibility index (Phi) is 7.95. The van der Waals surface area contributed by atoms with Crippen molar-refractivity contribution in [2.45, 2.75) is 87.1 Å². The van der Waals surface area contributed by atoms with Crippen molar-refractivity contribution >= 4 is 35.1 Å². The molecule has 35 heavy (non-hydrogen) atoms. The predicted molar refractivity (Wildman–Crippen MR) is 131 cm³/mol. The molecule has 1 unspecified atom stereocenters. The van der Waals surface area contributed by atoms with Gasteiger partial charge < -0.3 is 25.0 Å². The molecule has 11 heteroatoms. The van der Waals surface area contributed by atoms with Crippen LogP contribution in [0.3, 0.4) is 0 Å². The van der Waals surface area contributed by atoms with Gasteiger partial charge >= 0.3 is 6.03 Å². The van der Waals surface area contributed by atoms with Crippen molar-refractivity contribution in [3.63, 3.8) is 0 Å². The van der Waals surface area contributed by atoms with Gasteiger partial charge in [-0.25, -0.2) is 4.79 Å². The van der Waals surface area contributed by atoms with Crippen molar-refractivity contribution in [1.82, 2.24) is 25.2 Å². The molecule has 5 atom stereocenters. The van der Waals surface area contributed by atoms with Crippen LogP contribution in [0.25, 0.3) is 0 Å². The second-order valence-corrected chi connectivity index (χ2v) is 11.8. The molecule has 4 rings (SSSR count). The van der Waals surface area contributed by atoms with Gasteiger partial charge in [0.15, 0.2) is 0 Å². The molecule has 0 aromatic carbocycles. The Balaban J connectivity index is 1.53. The molecule has 1 saturated heterocycles. The van der Waals surface area contributed by atoms with E-state index in [9.17, 15) is 23.7 Å². The van der Waals surface area contributed by atoms with E-state index in [-0.39, 0.29) is 29.0 Å². The van der Waals surface area contributed by atoms with Crippen molar-refractivity contribution in [3.05, 3.63) is 12.2 Å². The van der Waals surface area contributed by atoms with E-state index in [0.29, 0.717) is 32.2 Å². The van der Waals surface area contributed by atoms with Gasteiger partial charge in [0, 0.05) is 39.4 Å². The van der Waals surface area contributed by atoms with Crippen LogP contribution in [0, 0.1) is 5.92 Å². The van der Waals surface area contributed by atoms with Crippen LogP contribution in [0.15, 0.2) is 12.2 Å². The van der Waals surface area contributed by atoms with Gasteiger partial charge in [-0.1, -0.05) is 25.0 Å². The monoisotopic (exact) mass is 507 g/mol. The number of nitrogens with one attached hydrogen (secondary N) is 3. The Labute approximate surface area is 209 Å². The molecule has 2 aliphatic carbocycles. The van der Waals surface area contributed by atoms with E-state index in [1.807, 2.05) is 12.2 Å². The minimum Gasteiger partial charge on any atom is -0.593 e. The molecule has 0 radical (unpaired) electrons. The molecule has 194 valence electrons. The number of carbonyl (C=O) groups excluding carboxylic acids is 4. The molecular weight excluding hydrogens is 470 g/mol. The van der Waals surface area contributed by atoms with Crippen molar-refractivity contribution < 1.29 is 23.7 Å². The standard InChI is InChI=1S/C24H37N5O5S/c1-28(2)23(33)25-18-10-7-5-3-4-6-9-16-15-24(16,22(32)27-35(34)17-12-13-17)26-20(30)19-11-8-14-29(19)21(18)31/h6,9,16-19H,3-5,7-8,10-15H2,1-2H3,(H,25,33)(H,26,30)(H,27,32)/b9-6-/t16-,18+,19+,24-,35?/m1/s1. The zero-order valence-corrected chi connectivity index (χ0v) is 21.4. The predicted octanol–water partition coefficient (Wildman–Crippen LogP) is 0.955. The van der Waals surface area contributed by atoms with Crippen molar-refractivity contribution in [2.24, 2.45) is 5.92 Å². The molecule has 0 spiro atoms. The zero-order chi connectivity index (χ0) is 25.2. The maximum Gasteiger partial charge on any atom is 0.317 e. The molecule has 5 amide bonds. The van der Waals surface area contributed by atoms with E-state index in [2.05, 4.69) is 15.4 Å². The smallest absolute Gasteiger partial charge is 0.317 e. The summed E-state index contributed by atoms with van der Waals surface area (Å²) in [6.07, 6.45) is 11.3. The number of rotatable bonds is 4. The van der Waals surface area contributed by atoms with Crippen molar-refractivity contribution in [2.75, 3.05) is 20.6 Å². The first kappa shape index (κ1) is 25.8. The first-order chi connectivity index (χ1) is 16.7. The normalized spacial score (nSPS) is 33.2. The minimum atomic E-state index is -1.44. The molecule has 4 aliphatic rings. The second kappa shape index (κ2) is 10.8. The lowest BCUT2D eigenvalue weighted by Gasteiger charge is -2.30. The summed E-state index contributed by atoms with van der Waals surface area (Å²) in [6.45, 7) is 0.430. The summed E-state index contributed by atoms with van der Waals surface area (Å²) in [5.74, 6) is -1.20. The fraction of sp³-hybridized carbons (Fsp3) is 0.750. The van der Waals surface area contributed by atoms with Crippen LogP contribution in [-0.4, -0.2) is 81.6 Å². The number of urea groups is 1. The summed E-state index contributed by atoms with van der Waals surface area (Å²) < 4.78 is 15.0. The Morgan fingerprint density at radius 1 is 1.14 bits per heavy atom. The molecule has 2 saturated carbocycles. The Morgan fingerprint density at radius 2 is 1.91 bits per heavy atom. The van der Waals surface area contributed by atoms with Crippen molar-refractivity contribution in [1.29, 1.82) is 0 Å². The third-order valence-corrected chi connectivity index (χ3v) is 8.82. The Morgan fingerprint density at radius 3 is 2.63 bits per heavy atom. The highest BCUT2D eigenvalue weighted by Crippen LogP contribution is 2.46. The quantitative estimate of drug-likeness (QED) is 0.385. The summed E-state index contributed by atoms with van der Waals surface area (Å²) in [4.78, 5) is 55.3. The molecule has 3 N–H and O–H groups in total. The van der Waals surface area contributed by atoms with E-state index < -0.39 is 34.9 Å². The molecule has 2 aliphatic heterocycles. The third kappa shape index (κ3) is 5.94. The summed E-state index contributed by atoms with van der Waals surface area (Å²) in [7, 11) is 3.25. The number of nitrogens with zero attached hydrogens (tertiary/aromatic N) is 2. The van der Waals surface area contributed by atoms with Gasteiger partial charge in [-0.3, -0.25) is 14.4 Å².